The summed E-state index contributed by atoms with van der Waals surface area (Å²) in [7, 11) is 0. The Hall–Kier alpha value is -2.04. The molecule has 0 aliphatic rings. The van der Waals surface area contributed by atoms with Gasteiger partial charge in [-0.05, 0) is 24.3 Å². The molecular formula is C10H9O5-. The molecule has 1 aromatic heterocycles. The third kappa shape index (κ3) is 4.12. The molecule has 5 nitrogen and oxygen atoms in total. The van der Waals surface area contributed by atoms with Gasteiger partial charge in [0.25, 0.3) is 0 Å². The molecule has 0 unspecified atom stereocenters. The monoisotopic (exact) mass is 209 g/mol. The molecule has 0 N–H and O–H groups in total. The van der Waals surface area contributed by atoms with Crippen molar-refractivity contribution in [3.8, 4) is 0 Å². The van der Waals surface area contributed by atoms with Gasteiger partial charge in [0.1, 0.15) is 18.1 Å². The van der Waals surface area contributed by atoms with Crippen LogP contribution in [0.2, 0.25) is 0 Å². The first kappa shape index (κ1) is 11.0. The molecule has 0 aliphatic heterocycles. The summed E-state index contributed by atoms with van der Waals surface area (Å²) in [5, 5.41) is 10.1. The summed E-state index contributed by atoms with van der Waals surface area (Å²) in [5.41, 5.74) is 0. The van der Waals surface area contributed by atoms with Gasteiger partial charge in [-0.15, -0.1) is 0 Å². The zero-order valence-corrected chi connectivity index (χ0v) is 8.06. The van der Waals surface area contributed by atoms with Crippen molar-refractivity contribution in [1.29, 1.82) is 0 Å². The topological polar surface area (TPSA) is 79.6 Å². The fourth-order valence-electron chi connectivity index (χ4n) is 0.885. The lowest BCUT2D eigenvalue weighted by molar-refractivity contribution is -0.297. The number of hydrogen-bond acceptors (Lipinski definition) is 5. The van der Waals surface area contributed by atoms with Gasteiger partial charge in [-0.1, -0.05) is 0 Å². The van der Waals surface area contributed by atoms with Crippen LogP contribution in [0.4, 0.5) is 0 Å². The average Bonchev–Trinajstić information content (AvgIpc) is 2.59. The third-order valence-corrected chi connectivity index (χ3v) is 1.48. The summed E-state index contributed by atoms with van der Waals surface area (Å²) in [6.45, 7) is 1.33. The first-order chi connectivity index (χ1) is 7.08. The Morgan fingerprint density at radius 3 is 2.87 bits per heavy atom. The van der Waals surface area contributed by atoms with E-state index in [4.69, 9.17) is 4.42 Å². The number of esters is 1. The van der Waals surface area contributed by atoms with Crippen LogP contribution in [-0.2, 0) is 20.9 Å². The molecular weight excluding hydrogens is 200 g/mol. The normalized spacial score (nSPS) is 10.5. The molecule has 0 aliphatic carbocycles. The Bertz CT molecular complexity index is 388. The largest absolute Gasteiger partial charge is 0.545 e. The van der Waals surface area contributed by atoms with Crippen molar-refractivity contribution in [1.82, 2.24) is 0 Å². The molecule has 0 saturated carbocycles. The van der Waals surface area contributed by atoms with Crippen LogP contribution in [0.15, 0.2) is 22.6 Å². The van der Waals surface area contributed by atoms with Crippen LogP contribution < -0.4 is 5.11 Å². The smallest absolute Gasteiger partial charge is 0.303 e. The summed E-state index contributed by atoms with van der Waals surface area (Å²) in [6, 6.07) is 3.16. The molecule has 0 radical (unpaired) electrons. The fraction of sp³-hybridized carbons (Fsp3) is 0.200. The second-order valence-corrected chi connectivity index (χ2v) is 2.74. The summed E-state index contributed by atoms with van der Waals surface area (Å²) in [4.78, 5) is 20.6. The molecule has 1 heterocycles. The Morgan fingerprint density at radius 2 is 2.27 bits per heavy atom. The highest BCUT2D eigenvalue weighted by Crippen LogP contribution is 2.10. The summed E-state index contributed by atoms with van der Waals surface area (Å²) >= 11 is 0. The van der Waals surface area contributed by atoms with E-state index in [-0.39, 0.29) is 6.61 Å². The van der Waals surface area contributed by atoms with E-state index in [2.05, 4.69) is 4.74 Å². The Labute approximate surface area is 86.0 Å². The standard InChI is InChI=1S/C10H10O5/c1-7(11)14-6-9-3-2-8(15-9)4-5-10(12)13/h2-5H,6H2,1H3,(H,12,13)/p-1/b5-4+. The average molecular weight is 209 g/mol. The lowest BCUT2D eigenvalue weighted by Gasteiger charge is -1.96. The van der Waals surface area contributed by atoms with Gasteiger partial charge in [-0.3, -0.25) is 4.79 Å². The summed E-state index contributed by atoms with van der Waals surface area (Å²) in [6.07, 6.45) is 2.11. The molecule has 1 aromatic rings. The van der Waals surface area contributed by atoms with Crippen LogP contribution in [-0.4, -0.2) is 11.9 Å². The van der Waals surface area contributed by atoms with Crippen LogP contribution >= 0.6 is 0 Å². The number of furan rings is 1. The lowest BCUT2D eigenvalue weighted by atomic mass is 10.4. The molecule has 5 heteroatoms. The lowest BCUT2D eigenvalue weighted by Crippen LogP contribution is -2.18. The van der Waals surface area contributed by atoms with Gasteiger partial charge in [0.15, 0.2) is 0 Å². The van der Waals surface area contributed by atoms with Gasteiger partial charge in [-0.2, -0.15) is 0 Å². The molecule has 15 heavy (non-hydrogen) atoms. The van der Waals surface area contributed by atoms with Gasteiger partial charge in [0, 0.05) is 6.92 Å². The minimum atomic E-state index is -1.30. The number of carboxylic acids is 1. The summed E-state index contributed by atoms with van der Waals surface area (Å²) in [5.74, 6) is -0.893. The van der Waals surface area contributed by atoms with E-state index in [1.54, 1.807) is 12.1 Å². The Morgan fingerprint density at radius 1 is 1.53 bits per heavy atom. The van der Waals surface area contributed by atoms with E-state index in [0.717, 1.165) is 6.08 Å². The molecule has 0 saturated heterocycles. The van der Waals surface area contributed by atoms with Crippen LogP contribution in [0.5, 0.6) is 0 Å². The number of aliphatic carboxylic acids is 1. The number of ether oxygens (including phenoxy) is 1. The molecule has 0 amide bonds. The van der Waals surface area contributed by atoms with E-state index in [0.29, 0.717) is 11.5 Å². The molecule has 0 atom stereocenters. The maximum Gasteiger partial charge on any atom is 0.303 e. The van der Waals surface area contributed by atoms with Gasteiger partial charge in [0.05, 0.1) is 5.97 Å². The second kappa shape index (κ2) is 4.99. The minimum Gasteiger partial charge on any atom is -0.545 e. The predicted octanol–water partition coefficient (Wildman–Crippen LogP) is 0.106. The van der Waals surface area contributed by atoms with E-state index < -0.39 is 11.9 Å². The highest BCUT2D eigenvalue weighted by atomic mass is 16.5. The van der Waals surface area contributed by atoms with Crippen LogP contribution in [0, 0.1) is 0 Å². The molecule has 0 spiro atoms. The van der Waals surface area contributed by atoms with Gasteiger partial charge >= 0.3 is 5.97 Å². The number of rotatable bonds is 4. The SMILES string of the molecule is CC(=O)OCc1ccc(/C=C/C(=O)[O-])o1. The van der Waals surface area contributed by atoms with Crippen molar-refractivity contribution in [3.63, 3.8) is 0 Å². The Kier molecular flexibility index (Phi) is 3.68. The molecule has 1 rings (SSSR count). The zero-order valence-electron chi connectivity index (χ0n) is 8.06. The van der Waals surface area contributed by atoms with E-state index in [1.807, 2.05) is 0 Å². The van der Waals surface area contributed by atoms with Crippen LogP contribution in [0.3, 0.4) is 0 Å². The molecule has 0 bridgehead atoms. The zero-order chi connectivity index (χ0) is 11.3. The maximum atomic E-state index is 10.5. The first-order valence-electron chi connectivity index (χ1n) is 4.19. The van der Waals surface area contributed by atoms with Crippen LogP contribution in [0.1, 0.15) is 18.4 Å². The third-order valence-electron chi connectivity index (χ3n) is 1.48. The maximum absolute atomic E-state index is 10.5. The molecule has 0 fully saturated rings. The van der Waals surface area contributed by atoms with Crippen LogP contribution in [0.25, 0.3) is 6.08 Å². The van der Waals surface area contributed by atoms with E-state index >= 15 is 0 Å². The van der Waals surface area contributed by atoms with Gasteiger partial charge in [-0.25, -0.2) is 0 Å². The van der Waals surface area contributed by atoms with Gasteiger partial charge < -0.3 is 19.1 Å². The highest BCUT2D eigenvalue weighted by Gasteiger charge is 2.01. The number of carbonyl (C=O) groups excluding carboxylic acids is 2. The minimum absolute atomic E-state index is 0.0362. The molecule has 80 valence electrons. The van der Waals surface area contributed by atoms with Crippen molar-refractivity contribution >= 4 is 18.0 Å². The number of hydrogen-bond donors (Lipinski definition) is 0. The van der Waals surface area contributed by atoms with Crippen molar-refractivity contribution < 1.29 is 23.8 Å². The van der Waals surface area contributed by atoms with Crippen molar-refractivity contribution in [3.05, 3.63) is 29.7 Å². The molecule has 0 aromatic carbocycles. The second-order valence-electron chi connectivity index (χ2n) is 2.74. The fourth-order valence-corrected chi connectivity index (χ4v) is 0.885. The van der Waals surface area contributed by atoms with Crippen molar-refractivity contribution in [2.45, 2.75) is 13.5 Å². The highest BCUT2D eigenvalue weighted by molar-refractivity contribution is 5.82. The quantitative estimate of drug-likeness (QED) is 0.519. The van der Waals surface area contributed by atoms with Crippen molar-refractivity contribution in [2.24, 2.45) is 0 Å². The van der Waals surface area contributed by atoms with E-state index in [1.165, 1.54) is 13.0 Å². The summed E-state index contributed by atoms with van der Waals surface area (Å²) < 4.78 is 9.81. The number of carbonyl (C=O) groups is 2. The first-order valence-corrected chi connectivity index (χ1v) is 4.19. The van der Waals surface area contributed by atoms with Gasteiger partial charge in [0.2, 0.25) is 0 Å². The van der Waals surface area contributed by atoms with Crippen molar-refractivity contribution in [2.75, 3.05) is 0 Å². The number of carboxylic acid groups (broad SMARTS) is 1. The Balaban J connectivity index is 2.56. The van der Waals surface area contributed by atoms with E-state index in [9.17, 15) is 14.7 Å². The predicted molar refractivity (Wildman–Crippen MR) is 48.2 cm³/mol.